The SMILES string of the molecule is CON(OCCc1ccccc1)C(N)=NN=C(N)N. The van der Waals surface area contributed by atoms with Gasteiger partial charge in [0, 0.05) is 0 Å². The first kappa shape index (κ1) is 14.7. The van der Waals surface area contributed by atoms with Gasteiger partial charge in [0.2, 0.25) is 5.96 Å². The summed E-state index contributed by atoms with van der Waals surface area (Å²) in [7, 11) is 1.39. The molecule has 0 saturated carbocycles. The van der Waals surface area contributed by atoms with E-state index in [1.165, 1.54) is 7.11 Å². The molecule has 19 heavy (non-hydrogen) atoms. The van der Waals surface area contributed by atoms with Crippen LogP contribution in [0.1, 0.15) is 5.56 Å². The Morgan fingerprint density at radius 1 is 1.16 bits per heavy atom. The smallest absolute Gasteiger partial charge is 0.268 e. The highest BCUT2D eigenvalue weighted by Crippen LogP contribution is 2.01. The van der Waals surface area contributed by atoms with Gasteiger partial charge < -0.3 is 17.2 Å². The van der Waals surface area contributed by atoms with Crippen LogP contribution in [0.4, 0.5) is 0 Å². The number of hydroxylamine groups is 2. The molecule has 1 aromatic carbocycles. The number of nitrogens with zero attached hydrogens (tertiary/aromatic N) is 3. The van der Waals surface area contributed by atoms with Crippen molar-refractivity contribution in [3.63, 3.8) is 0 Å². The van der Waals surface area contributed by atoms with E-state index in [0.717, 1.165) is 10.8 Å². The van der Waals surface area contributed by atoms with Crippen LogP contribution in [-0.4, -0.2) is 30.9 Å². The van der Waals surface area contributed by atoms with E-state index in [1.54, 1.807) is 0 Å². The zero-order valence-corrected chi connectivity index (χ0v) is 10.7. The molecule has 0 radical (unpaired) electrons. The van der Waals surface area contributed by atoms with Gasteiger partial charge in [0.25, 0.3) is 5.96 Å². The van der Waals surface area contributed by atoms with Crippen LogP contribution in [0.3, 0.4) is 0 Å². The van der Waals surface area contributed by atoms with Gasteiger partial charge in [-0.15, -0.1) is 10.2 Å². The number of nitrogens with two attached hydrogens (primary N) is 3. The highest BCUT2D eigenvalue weighted by Gasteiger charge is 2.08. The number of hydrogen-bond acceptors (Lipinski definition) is 4. The third-order valence-corrected chi connectivity index (χ3v) is 2.06. The van der Waals surface area contributed by atoms with Crippen molar-refractivity contribution in [3.8, 4) is 0 Å². The van der Waals surface area contributed by atoms with Crippen molar-refractivity contribution >= 4 is 11.9 Å². The molecule has 0 aromatic heterocycles. The summed E-state index contributed by atoms with van der Waals surface area (Å²) in [6, 6.07) is 9.86. The van der Waals surface area contributed by atoms with Crippen LogP contribution in [0.5, 0.6) is 0 Å². The molecule has 0 saturated heterocycles. The first-order valence-corrected chi connectivity index (χ1v) is 5.56. The maximum Gasteiger partial charge on any atom is 0.268 e. The molecule has 8 nitrogen and oxygen atoms in total. The van der Waals surface area contributed by atoms with E-state index in [2.05, 4.69) is 10.2 Å². The molecule has 1 aromatic rings. The Hall–Kier alpha value is -2.32. The van der Waals surface area contributed by atoms with Crippen LogP contribution in [0.2, 0.25) is 0 Å². The third-order valence-electron chi connectivity index (χ3n) is 2.06. The molecule has 0 fully saturated rings. The van der Waals surface area contributed by atoms with Gasteiger partial charge in [-0.25, -0.2) is 9.68 Å². The van der Waals surface area contributed by atoms with E-state index < -0.39 is 0 Å². The van der Waals surface area contributed by atoms with Gasteiger partial charge in [-0.3, -0.25) is 0 Å². The van der Waals surface area contributed by atoms with Crippen molar-refractivity contribution < 1.29 is 9.68 Å². The molecule has 0 heterocycles. The highest BCUT2D eigenvalue weighted by molar-refractivity contribution is 5.79. The van der Waals surface area contributed by atoms with Gasteiger partial charge in [-0.05, 0) is 12.0 Å². The Morgan fingerprint density at radius 2 is 1.84 bits per heavy atom. The highest BCUT2D eigenvalue weighted by atomic mass is 16.9. The van der Waals surface area contributed by atoms with Crippen LogP contribution in [-0.2, 0) is 16.1 Å². The summed E-state index contributed by atoms with van der Waals surface area (Å²) in [6.45, 7) is 0.371. The molecule has 0 aliphatic rings. The largest absolute Gasteiger partial charge is 0.369 e. The Labute approximate surface area is 111 Å². The Balaban J connectivity index is 2.45. The fourth-order valence-corrected chi connectivity index (χ4v) is 1.25. The quantitative estimate of drug-likeness (QED) is 0.363. The normalized spacial score (nSPS) is 11.1. The molecule has 104 valence electrons. The van der Waals surface area contributed by atoms with E-state index >= 15 is 0 Å². The van der Waals surface area contributed by atoms with Crippen molar-refractivity contribution in [1.82, 2.24) is 5.23 Å². The molecule has 6 N–H and O–H groups in total. The minimum atomic E-state index is -0.205. The van der Waals surface area contributed by atoms with Crippen LogP contribution >= 0.6 is 0 Å². The van der Waals surface area contributed by atoms with Crippen molar-refractivity contribution in [2.75, 3.05) is 13.7 Å². The Kier molecular flexibility index (Phi) is 6.13. The number of benzene rings is 1. The average molecular weight is 266 g/mol. The predicted octanol–water partition coefficient (Wildman–Crippen LogP) is -0.473. The van der Waals surface area contributed by atoms with E-state index in [1.807, 2.05) is 30.3 Å². The molecule has 0 aliphatic carbocycles. The van der Waals surface area contributed by atoms with Crippen LogP contribution in [0.15, 0.2) is 40.5 Å². The van der Waals surface area contributed by atoms with Gasteiger partial charge in [-0.1, -0.05) is 35.6 Å². The van der Waals surface area contributed by atoms with Gasteiger partial charge >= 0.3 is 0 Å². The monoisotopic (exact) mass is 266 g/mol. The van der Waals surface area contributed by atoms with Gasteiger partial charge in [0.05, 0.1) is 13.7 Å². The lowest BCUT2D eigenvalue weighted by atomic mass is 10.2. The molecular weight excluding hydrogens is 248 g/mol. The topological polar surface area (TPSA) is 124 Å². The summed E-state index contributed by atoms with van der Waals surface area (Å²) in [4.78, 5) is 10.2. The predicted molar refractivity (Wildman–Crippen MR) is 72.4 cm³/mol. The molecular formula is C11H18N6O2. The number of guanidine groups is 2. The maximum atomic E-state index is 5.56. The first-order valence-electron chi connectivity index (χ1n) is 5.56. The van der Waals surface area contributed by atoms with Crippen LogP contribution in [0, 0.1) is 0 Å². The minimum absolute atomic E-state index is 0.107. The van der Waals surface area contributed by atoms with Gasteiger partial charge in [-0.2, -0.15) is 0 Å². The second kappa shape index (κ2) is 7.90. The lowest BCUT2D eigenvalue weighted by Crippen LogP contribution is -2.37. The average Bonchev–Trinajstić information content (AvgIpc) is 2.42. The standard InChI is InChI=1S/C11H18N6O2/c1-18-17(11(14)16-15-10(12)13)19-8-7-9-5-3-2-4-6-9/h2-6H,7-8H2,1H3,(H2,14,16)(H4,12,13,15). The summed E-state index contributed by atoms with van der Waals surface area (Å²) in [5, 5.41) is 7.86. The minimum Gasteiger partial charge on any atom is -0.369 e. The third kappa shape index (κ3) is 5.70. The summed E-state index contributed by atoms with van der Waals surface area (Å²) < 4.78 is 0. The lowest BCUT2D eigenvalue weighted by Gasteiger charge is -2.18. The van der Waals surface area contributed by atoms with Crippen molar-refractivity contribution in [1.29, 1.82) is 0 Å². The summed E-state index contributed by atoms with van der Waals surface area (Å²) >= 11 is 0. The second-order valence-electron chi connectivity index (χ2n) is 3.49. The van der Waals surface area contributed by atoms with E-state index in [9.17, 15) is 0 Å². The second-order valence-corrected chi connectivity index (χ2v) is 3.49. The summed E-state index contributed by atoms with van der Waals surface area (Å²) in [6.07, 6.45) is 0.705. The van der Waals surface area contributed by atoms with E-state index in [-0.39, 0.29) is 11.9 Å². The molecule has 8 heteroatoms. The molecule has 0 aliphatic heterocycles. The molecule has 1 rings (SSSR count). The first-order chi connectivity index (χ1) is 9.13. The summed E-state index contributed by atoms with van der Waals surface area (Å²) in [5.74, 6) is -0.313. The molecule has 0 amide bonds. The number of hydrogen-bond donors (Lipinski definition) is 3. The van der Waals surface area contributed by atoms with Crippen molar-refractivity contribution in [3.05, 3.63) is 35.9 Å². The molecule has 0 atom stereocenters. The van der Waals surface area contributed by atoms with Crippen molar-refractivity contribution in [2.24, 2.45) is 27.4 Å². The van der Waals surface area contributed by atoms with E-state index in [0.29, 0.717) is 13.0 Å². The van der Waals surface area contributed by atoms with Crippen LogP contribution in [0.25, 0.3) is 0 Å². The summed E-state index contributed by atoms with van der Waals surface area (Å²) in [5.41, 5.74) is 16.9. The fourth-order valence-electron chi connectivity index (χ4n) is 1.25. The molecule has 0 spiro atoms. The van der Waals surface area contributed by atoms with Crippen LogP contribution < -0.4 is 17.2 Å². The zero-order valence-electron chi connectivity index (χ0n) is 10.7. The van der Waals surface area contributed by atoms with Gasteiger partial charge in [0.15, 0.2) is 0 Å². The Morgan fingerprint density at radius 3 is 2.42 bits per heavy atom. The lowest BCUT2D eigenvalue weighted by molar-refractivity contribution is -0.303. The zero-order chi connectivity index (χ0) is 14.1. The van der Waals surface area contributed by atoms with E-state index in [4.69, 9.17) is 26.9 Å². The maximum absolute atomic E-state index is 5.56. The fraction of sp³-hybridized carbons (Fsp3) is 0.273. The van der Waals surface area contributed by atoms with Gasteiger partial charge in [0.1, 0.15) is 0 Å². The molecule has 0 unspecified atom stereocenters. The Bertz CT molecular complexity index is 430. The number of rotatable bonds is 6. The molecule has 0 bridgehead atoms. The van der Waals surface area contributed by atoms with Crippen molar-refractivity contribution in [2.45, 2.75) is 6.42 Å².